The number of H-pyrrole nitrogens is 1. The van der Waals surface area contributed by atoms with E-state index in [2.05, 4.69) is 72.3 Å². The molecule has 0 unspecified atom stereocenters. The van der Waals surface area contributed by atoms with Crippen LogP contribution in [-0.4, -0.2) is 17.2 Å². The van der Waals surface area contributed by atoms with Crippen LogP contribution in [0.1, 0.15) is 38.8 Å². The Balaban J connectivity index is 2.25. The van der Waals surface area contributed by atoms with Crippen molar-refractivity contribution >= 4 is 11.3 Å². The highest BCUT2D eigenvalue weighted by molar-refractivity contribution is 5.76. The molecule has 3 heteroatoms. The molecule has 0 aliphatic heterocycles. The minimum absolute atomic E-state index is 0.943. The molecule has 0 aliphatic carbocycles. The highest BCUT2D eigenvalue weighted by Gasteiger charge is 2.07. The Kier molecular flexibility index (Phi) is 6.62. The van der Waals surface area contributed by atoms with E-state index in [4.69, 9.17) is 0 Å². The minimum atomic E-state index is 0.943. The number of nitrogens with zero attached hydrogens (tertiary/aromatic N) is 1. The van der Waals surface area contributed by atoms with Crippen molar-refractivity contribution in [2.24, 2.45) is 0 Å². The van der Waals surface area contributed by atoms with E-state index in [0.717, 1.165) is 34.6 Å². The SMILES string of the molecule is C=C/C=C(\C=C(/C)CCCC)c1cc(-c2ccc(NC)cc2)[nH]n1. The van der Waals surface area contributed by atoms with Crippen molar-refractivity contribution in [3.8, 4) is 11.3 Å². The molecular formula is C21H27N3. The summed E-state index contributed by atoms with van der Waals surface area (Å²) in [6.07, 6.45) is 9.58. The van der Waals surface area contributed by atoms with E-state index in [-0.39, 0.29) is 0 Å². The van der Waals surface area contributed by atoms with Gasteiger partial charge in [0.05, 0.1) is 11.4 Å². The molecule has 2 N–H and O–H groups in total. The molecule has 2 aromatic rings. The smallest absolute Gasteiger partial charge is 0.0927 e. The molecule has 0 radical (unpaired) electrons. The highest BCUT2D eigenvalue weighted by Crippen LogP contribution is 2.24. The Hall–Kier alpha value is -2.55. The quantitative estimate of drug-likeness (QED) is 0.601. The van der Waals surface area contributed by atoms with E-state index in [0.29, 0.717) is 0 Å². The summed E-state index contributed by atoms with van der Waals surface area (Å²) in [4.78, 5) is 0. The van der Waals surface area contributed by atoms with Gasteiger partial charge in [0.2, 0.25) is 0 Å². The summed E-state index contributed by atoms with van der Waals surface area (Å²) >= 11 is 0. The second-order valence-electron chi connectivity index (χ2n) is 5.95. The molecule has 0 amide bonds. The molecular weight excluding hydrogens is 294 g/mol. The van der Waals surface area contributed by atoms with Crippen LogP contribution in [0.25, 0.3) is 16.8 Å². The first-order chi connectivity index (χ1) is 11.7. The van der Waals surface area contributed by atoms with Gasteiger partial charge in [-0.2, -0.15) is 5.10 Å². The van der Waals surface area contributed by atoms with E-state index >= 15 is 0 Å². The molecule has 126 valence electrons. The summed E-state index contributed by atoms with van der Waals surface area (Å²) in [6.45, 7) is 8.22. The van der Waals surface area contributed by atoms with Gasteiger partial charge in [-0.25, -0.2) is 0 Å². The van der Waals surface area contributed by atoms with Gasteiger partial charge < -0.3 is 5.32 Å². The minimum Gasteiger partial charge on any atom is -0.388 e. The predicted molar refractivity (Wildman–Crippen MR) is 105 cm³/mol. The molecule has 0 aliphatic rings. The molecule has 0 saturated heterocycles. The van der Waals surface area contributed by atoms with E-state index in [1.165, 1.54) is 18.4 Å². The molecule has 0 spiro atoms. The Morgan fingerprint density at radius 3 is 2.67 bits per heavy atom. The molecule has 0 saturated carbocycles. The molecule has 0 bridgehead atoms. The average molecular weight is 321 g/mol. The summed E-state index contributed by atoms with van der Waals surface area (Å²) in [7, 11) is 1.92. The molecule has 1 aromatic carbocycles. The fraction of sp³-hybridized carbons (Fsp3) is 0.286. The zero-order valence-corrected chi connectivity index (χ0v) is 14.9. The zero-order chi connectivity index (χ0) is 17.4. The van der Waals surface area contributed by atoms with Crippen LogP contribution in [0.3, 0.4) is 0 Å². The number of benzene rings is 1. The van der Waals surface area contributed by atoms with E-state index < -0.39 is 0 Å². The fourth-order valence-corrected chi connectivity index (χ4v) is 2.56. The van der Waals surface area contributed by atoms with E-state index in [9.17, 15) is 0 Å². The summed E-state index contributed by atoms with van der Waals surface area (Å²) in [5, 5.41) is 10.8. The van der Waals surface area contributed by atoms with Gasteiger partial charge >= 0.3 is 0 Å². The Bertz CT molecular complexity index is 718. The normalized spacial score (nSPS) is 12.3. The van der Waals surface area contributed by atoms with Gasteiger partial charge in [-0.1, -0.05) is 55.9 Å². The lowest BCUT2D eigenvalue weighted by atomic mass is 10.0. The van der Waals surface area contributed by atoms with Crippen LogP contribution in [0.2, 0.25) is 0 Å². The molecule has 3 nitrogen and oxygen atoms in total. The number of unbranched alkanes of at least 4 members (excludes halogenated alkanes) is 1. The van der Waals surface area contributed by atoms with Crippen LogP contribution in [0.15, 0.2) is 60.7 Å². The van der Waals surface area contributed by atoms with Crippen molar-refractivity contribution in [1.29, 1.82) is 0 Å². The number of nitrogens with one attached hydrogen (secondary N) is 2. The Labute approximate surface area is 145 Å². The lowest BCUT2D eigenvalue weighted by molar-refractivity contribution is 0.787. The molecule has 0 atom stereocenters. The number of aromatic amines is 1. The summed E-state index contributed by atoms with van der Waals surface area (Å²) in [6, 6.07) is 10.4. The predicted octanol–water partition coefficient (Wildman–Crippen LogP) is 5.82. The van der Waals surface area contributed by atoms with Gasteiger partial charge in [-0.15, -0.1) is 0 Å². The van der Waals surface area contributed by atoms with Crippen LogP contribution in [0.5, 0.6) is 0 Å². The third-order valence-electron chi connectivity index (χ3n) is 3.98. The van der Waals surface area contributed by atoms with Crippen LogP contribution >= 0.6 is 0 Å². The summed E-state index contributed by atoms with van der Waals surface area (Å²) in [5.41, 5.74) is 6.64. The molecule has 1 aromatic heterocycles. The van der Waals surface area contributed by atoms with Gasteiger partial charge in [0, 0.05) is 18.3 Å². The van der Waals surface area contributed by atoms with Crippen LogP contribution in [0.4, 0.5) is 5.69 Å². The van der Waals surface area contributed by atoms with Crippen molar-refractivity contribution in [3.63, 3.8) is 0 Å². The maximum atomic E-state index is 4.49. The highest BCUT2D eigenvalue weighted by atomic mass is 15.1. The van der Waals surface area contributed by atoms with Crippen molar-refractivity contribution in [3.05, 3.63) is 66.4 Å². The van der Waals surface area contributed by atoms with Crippen LogP contribution in [0, 0.1) is 0 Å². The summed E-state index contributed by atoms with van der Waals surface area (Å²) < 4.78 is 0. The standard InChI is InChI=1S/C21H27N3/c1-5-7-9-16(3)14-18(8-6-2)21-15-20(23-24-21)17-10-12-19(22-4)13-11-17/h6,8,10-15,22H,2,5,7,9H2,1,3-4H3,(H,23,24)/b16-14+,18-8+. The number of anilines is 1. The Morgan fingerprint density at radius 2 is 2.04 bits per heavy atom. The fourth-order valence-electron chi connectivity index (χ4n) is 2.56. The molecule has 24 heavy (non-hydrogen) atoms. The number of rotatable bonds is 8. The third kappa shape index (κ3) is 4.72. The van der Waals surface area contributed by atoms with Gasteiger partial charge in [-0.3, -0.25) is 5.10 Å². The van der Waals surface area contributed by atoms with Crippen LogP contribution < -0.4 is 5.32 Å². The first kappa shape index (κ1) is 17.8. The van der Waals surface area contributed by atoms with Crippen molar-refractivity contribution in [2.45, 2.75) is 33.1 Å². The second kappa shape index (κ2) is 8.92. The molecule has 1 heterocycles. The third-order valence-corrected chi connectivity index (χ3v) is 3.98. The van der Waals surface area contributed by atoms with Gasteiger partial charge in [0.1, 0.15) is 0 Å². The van der Waals surface area contributed by atoms with Crippen LogP contribution in [-0.2, 0) is 0 Å². The number of hydrogen-bond donors (Lipinski definition) is 2. The number of hydrogen-bond acceptors (Lipinski definition) is 2. The first-order valence-electron chi connectivity index (χ1n) is 8.51. The maximum absolute atomic E-state index is 4.49. The summed E-state index contributed by atoms with van der Waals surface area (Å²) in [5.74, 6) is 0. The van der Waals surface area contributed by atoms with Crippen molar-refractivity contribution in [1.82, 2.24) is 10.2 Å². The second-order valence-corrected chi connectivity index (χ2v) is 5.95. The van der Waals surface area contributed by atoms with E-state index in [1.54, 1.807) is 0 Å². The number of aromatic nitrogens is 2. The maximum Gasteiger partial charge on any atom is 0.0927 e. The number of allylic oxidation sites excluding steroid dienone is 5. The Morgan fingerprint density at radius 1 is 1.29 bits per heavy atom. The molecule has 2 rings (SSSR count). The monoisotopic (exact) mass is 321 g/mol. The zero-order valence-electron chi connectivity index (χ0n) is 14.9. The topological polar surface area (TPSA) is 40.7 Å². The van der Waals surface area contributed by atoms with Gasteiger partial charge in [0.15, 0.2) is 0 Å². The average Bonchev–Trinajstić information content (AvgIpc) is 3.09. The van der Waals surface area contributed by atoms with Gasteiger partial charge in [-0.05, 0) is 43.5 Å². The van der Waals surface area contributed by atoms with Crippen molar-refractivity contribution in [2.75, 3.05) is 12.4 Å². The largest absolute Gasteiger partial charge is 0.388 e. The van der Waals surface area contributed by atoms with E-state index in [1.807, 2.05) is 19.2 Å². The molecule has 0 fully saturated rings. The van der Waals surface area contributed by atoms with Crippen molar-refractivity contribution < 1.29 is 0 Å². The lowest BCUT2D eigenvalue weighted by Crippen LogP contribution is -1.86. The van der Waals surface area contributed by atoms with Gasteiger partial charge in [0.25, 0.3) is 0 Å². The lowest BCUT2D eigenvalue weighted by Gasteiger charge is -2.02. The first-order valence-corrected chi connectivity index (χ1v) is 8.51.